The summed E-state index contributed by atoms with van der Waals surface area (Å²) < 4.78 is 5.00. The van der Waals surface area contributed by atoms with Gasteiger partial charge in [-0.2, -0.15) is 0 Å². The van der Waals surface area contributed by atoms with Crippen LogP contribution in [0, 0.1) is 6.92 Å². The third-order valence-corrected chi connectivity index (χ3v) is 5.81. The third-order valence-electron chi connectivity index (χ3n) is 5.81. The summed E-state index contributed by atoms with van der Waals surface area (Å²) in [5.41, 5.74) is 1.80. The van der Waals surface area contributed by atoms with Crippen LogP contribution in [0.4, 0.5) is 5.82 Å². The van der Waals surface area contributed by atoms with E-state index in [2.05, 4.69) is 31.2 Å². The summed E-state index contributed by atoms with van der Waals surface area (Å²) >= 11 is 0. The van der Waals surface area contributed by atoms with E-state index >= 15 is 0 Å². The van der Waals surface area contributed by atoms with Crippen molar-refractivity contribution in [1.29, 1.82) is 0 Å². The summed E-state index contributed by atoms with van der Waals surface area (Å²) in [6.45, 7) is 11.8. The van der Waals surface area contributed by atoms with Crippen LogP contribution in [0.3, 0.4) is 0 Å². The van der Waals surface area contributed by atoms with Crippen molar-refractivity contribution in [2.45, 2.75) is 52.4 Å². The highest BCUT2D eigenvalue weighted by molar-refractivity contribution is 5.99. The normalized spacial score (nSPS) is 15.0. The molecule has 2 heterocycles. The zero-order valence-corrected chi connectivity index (χ0v) is 19.2. The van der Waals surface area contributed by atoms with E-state index in [1.165, 1.54) is 29.7 Å². The summed E-state index contributed by atoms with van der Waals surface area (Å²) in [6, 6.07) is 9.39. The average Bonchev–Trinajstić information content (AvgIpc) is 3.15. The first-order chi connectivity index (χ1) is 14.7. The molecule has 1 fully saturated rings. The quantitative estimate of drug-likeness (QED) is 0.711. The average molecular weight is 428 g/mol. The molecule has 2 N–H and O–H groups in total. The summed E-state index contributed by atoms with van der Waals surface area (Å²) in [4.78, 5) is 29.0. The molecule has 7 nitrogen and oxygen atoms in total. The van der Waals surface area contributed by atoms with Crippen molar-refractivity contribution in [2.75, 3.05) is 38.0 Å². The predicted octanol–water partition coefficient (Wildman–Crippen LogP) is 2.43. The number of rotatable bonds is 7. The summed E-state index contributed by atoms with van der Waals surface area (Å²) in [5, 5.41) is 6.53. The van der Waals surface area contributed by atoms with Gasteiger partial charge in [0.25, 0.3) is 5.91 Å². The number of nitrogens with one attached hydrogen (secondary N) is 2. The Morgan fingerprint density at radius 1 is 1.13 bits per heavy atom. The van der Waals surface area contributed by atoms with E-state index in [-0.39, 0.29) is 23.8 Å². The number of likely N-dealkylation sites (tertiary alicyclic amines) is 1. The van der Waals surface area contributed by atoms with Gasteiger partial charge >= 0.3 is 0 Å². The number of anilines is 1. The molecule has 1 aliphatic rings. The van der Waals surface area contributed by atoms with Crippen LogP contribution in [0.25, 0.3) is 0 Å². The molecule has 1 saturated heterocycles. The molecule has 0 atom stereocenters. The van der Waals surface area contributed by atoms with Gasteiger partial charge in [-0.15, -0.1) is 0 Å². The Hall–Kier alpha value is -2.67. The number of aromatic nitrogens is 1. The van der Waals surface area contributed by atoms with Gasteiger partial charge < -0.3 is 19.6 Å². The molecule has 2 amide bonds. The number of hydrogen-bond donors (Lipinski definition) is 2. The maximum Gasteiger partial charge on any atom is 0.254 e. The Labute approximate surface area is 184 Å². The second kappa shape index (κ2) is 10.1. The van der Waals surface area contributed by atoms with Gasteiger partial charge in [0.05, 0.1) is 26.2 Å². The second-order valence-electron chi connectivity index (χ2n) is 9.49. The summed E-state index contributed by atoms with van der Waals surface area (Å²) in [6.07, 6.45) is 3.73. The molecule has 168 valence electrons. The Bertz CT molecular complexity index is 877. The summed E-state index contributed by atoms with van der Waals surface area (Å²) in [7, 11) is 0. The van der Waals surface area contributed by atoms with Crippen LogP contribution >= 0.6 is 0 Å². The lowest BCUT2D eigenvalue weighted by Gasteiger charge is -2.28. The van der Waals surface area contributed by atoms with Gasteiger partial charge in [0.1, 0.15) is 12.3 Å². The molecular formula is C24H35N4O3+. The minimum Gasteiger partial charge on any atom is -0.360 e. The van der Waals surface area contributed by atoms with Crippen LogP contribution < -0.4 is 10.2 Å². The van der Waals surface area contributed by atoms with Gasteiger partial charge in [-0.1, -0.05) is 38.1 Å². The van der Waals surface area contributed by atoms with E-state index in [9.17, 15) is 9.59 Å². The fourth-order valence-corrected chi connectivity index (χ4v) is 3.92. The van der Waals surface area contributed by atoms with Crippen molar-refractivity contribution in [1.82, 2.24) is 10.1 Å². The molecule has 0 saturated carbocycles. The molecule has 0 unspecified atom stereocenters. The number of aryl methyl sites for hydroxylation is 1. The maximum atomic E-state index is 13.3. The Balaban J connectivity index is 1.70. The van der Waals surface area contributed by atoms with Gasteiger partial charge in [0.15, 0.2) is 5.82 Å². The highest BCUT2D eigenvalue weighted by atomic mass is 16.5. The SMILES string of the molecule is Cc1cc(NC(=O)CN(CC[NH+]2CCCCC2)C(=O)c2ccc(C(C)(C)C)cc2)no1. The lowest BCUT2D eigenvalue weighted by molar-refractivity contribution is -0.904. The van der Waals surface area contributed by atoms with E-state index in [0.717, 1.165) is 19.6 Å². The van der Waals surface area contributed by atoms with Crippen molar-refractivity contribution >= 4 is 17.6 Å². The van der Waals surface area contributed by atoms with Crippen molar-refractivity contribution in [3.05, 3.63) is 47.2 Å². The molecule has 7 heteroatoms. The Morgan fingerprint density at radius 2 is 1.81 bits per heavy atom. The van der Waals surface area contributed by atoms with E-state index in [0.29, 0.717) is 23.7 Å². The van der Waals surface area contributed by atoms with E-state index in [1.54, 1.807) is 17.9 Å². The monoisotopic (exact) mass is 427 g/mol. The largest absolute Gasteiger partial charge is 0.360 e. The zero-order valence-electron chi connectivity index (χ0n) is 19.2. The van der Waals surface area contributed by atoms with Gasteiger partial charge in [-0.3, -0.25) is 9.59 Å². The Morgan fingerprint density at radius 3 is 2.39 bits per heavy atom. The fraction of sp³-hybridized carbons (Fsp3) is 0.542. The molecular weight excluding hydrogens is 392 g/mol. The Kier molecular flexibility index (Phi) is 7.49. The van der Waals surface area contributed by atoms with Gasteiger partial charge in [-0.05, 0) is 49.3 Å². The van der Waals surface area contributed by atoms with E-state index in [4.69, 9.17) is 4.52 Å². The molecule has 0 spiro atoms. The maximum absolute atomic E-state index is 13.3. The van der Waals surface area contributed by atoms with Crippen LogP contribution in [0.1, 0.15) is 61.7 Å². The zero-order chi connectivity index (χ0) is 22.4. The van der Waals surface area contributed by atoms with Crippen LogP contribution in [0.5, 0.6) is 0 Å². The molecule has 0 bridgehead atoms. The molecule has 2 aromatic rings. The van der Waals surface area contributed by atoms with Crippen LogP contribution in [0.15, 0.2) is 34.9 Å². The van der Waals surface area contributed by atoms with Gasteiger partial charge in [-0.25, -0.2) is 0 Å². The second-order valence-corrected chi connectivity index (χ2v) is 9.49. The van der Waals surface area contributed by atoms with Crippen molar-refractivity contribution in [3.8, 4) is 0 Å². The minimum absolute atomic E-state index is 0.0148. The van der Waals surface area contributed by atoms with Crippen LogP contribution in [-0.2, 0) is 10.2 Å². The van der Waals surface area contributed by atoms with Crippen molar-refractivity contribution in [3.63, 3.8) is 0 Å². The van der Waals surface area contributed by atoms with Crippen molar-refractivity contribution in [2.24, 2.45) is 0 Å². The first kappa shape index (κ1) is 23.0. The predicted molar refractivity (Wildman–Crippen MR) is 120 cm³/mol. The molecule has 0 radical (unpaired) electrons. The number of amides is 2. The smallest absolute Gasteiger partial charge is 0.254 e. The van der Waals surface area contributed by atoms with E-state index < -0.39 is 0 Å². The first-order valence-corrected chi connectivity index (χ1v) is 11.2. The number of carbonyl (C=O) groups excluding carboxylic acids is 2. The molecule has 1 aliphatic heterocycles. The van der Waals surface area contributed by atoms with Crippen molar-refractivity contribution < 1.29 is 19.0 Å². The number of carbonyl (C=O) groups is 2. The van der Waals surface area contributed by atoms with Gasteiger partial charge in [0, 0.05) is 11.6 Å². The number of hydrogen-bond acceptors (Lipinski definition) is 4. The molecule has 31 heavy (non-hydrogen) atoms. The molecule has 1 aromatic carbocycles. The van der Waals surface area contributed by atoms with Gasteiger partial charge in [0.2, 0.25) is 5.91 Å². The van der Waals surface area contributed by atoms with Crippen LogP contribution in [-0.4, -0.2) is 54.6 Å². The molecule has 1 aromatic heterocycles. The highest BCUT2D eigenvalue weighted by Crippen LogP contribution is 2.22. The number of nitrogens with zero attached hydrogens (tertiary/aromatic N) is 2. The fourth-order valence-electron chi connectivity index (χ4n) is 3.92. The highest BCUT2D eigenvalue weighted by Gasteiger charge is 2.23. The lowest BCUT2D eigenvalue weighted by atomic mass is 9.86. The van der Waals surface area contributed by atoms with E-state index in [1.807, 2.05) is 24.3 Å². The third kappa shape index (κ3) is 6.66. The topological polar surface area (TPSA) is 79.9 Å². The standard InChI is InChI=1S/C24H34N4O3/c1-18-16-21(26-31-18)25-22(29)17-28(15-14-27-12-6-5-7-13-27)23(30)19-8-10-20(11-9-19)24(2,3)4/h8-11,16H,5-7,12-15,17H2,1-4H3,(H,25,26,29)/p+1. The number of quaternary nitrogens is 1. The van der Waals surface area contributed by atoms with Crippen LogP contribution in [0.2, 0.25) is 0 Å². The summed E-state index contributed by atoms with van der Waals surface area (Å²) in [5.74, 6) is 0.590. The minimum atomic E-state index is -0.276. The molecule has 0 aliphatic carbocycles. The number of piperidine rings is 1. The molecule has 3 rings (SSSR count). The first-order valence-electron chi connectivity index (χ1n) is 11.2. The number of benzene rings is 1. The lowest BCUT2D eigenvalue weighted by Crippen LogP contribution is -3.13.